The van der Waals surface area contributed by atoms with Gasteiger partial charge in [0.1, 0.15) is 11.9 Å². The second-order valence-corrected chi connectivity index (χ2v) is 9.55. The van der Waals surface area contributed by atoms with Gasteiger partial charge >= 0.3 is 0 Å². The number of hydrogen-bond acceptors (Lipinski definition) is 3. The number of hydrogen-bond donors (Lipinski definition) is 1. The van der Waals surface area contributed by atoms with Crippen molar-refractivity contribution in [3.63, 3.8) is 0 Å². The van der Waals surface area contributed by atoms with Crippen LogP contribution in [0.2, 0.25) is 0 Å². The lowest BCUT2D eigenvalue weighted by Crippen LogP contribution is -2.53. The number of carbonyl (C=O) groups is 2. The zero-order chi connectivity index (χ0) is 20.3. The maximum absolute atomic E-state index is 13.7. The first-order valence-electron chi connectivity index (χ1n) is 10.4. The molecule has 1 aliphatic carbocycles. The maximum atomic E-state index is 13.7. The van der Waals surface area contributed by atoms with E-state index >= 15 is 0 Å². The summed E-state index contributed by atoms with van der Waals surface area (Å²) in [5.74, 6) is 0.547. The molecule has 1 aliphatic heterocycles. The number of rotatable bonds is 5. The maximum Gasteiger partial charge on any atom is 0.255 e. The van der Waals surface area contributed by atoms with Crippen molar-refractivity contribution in [2.75, 3.05) is 5.75 Å². The van der Waals surface area contributed by atoms with Crippen molar-refractivity contribution in [3.8, 4) is 0 Å². The highest BCUT2D eigenvalue weighted by Crippen LogP contribution is 2.41. The molecule has 4 nitrogen and oxygen atoms in total. The molecule has 0 radical (unpaired) electrons. The summed E-state index contributed by atoms with van der Waals surface area (Å²) in [5, 5.41) is 3.06. The Balaban J connectivity index is 1.86. The van der Waals surface area contributed by atoms with E-state index in [2.05, 4.69) is 19.2 Å². The fraction of sp³-hybridized carbons (Fsp3) is 0.636. The molecule has 6 heteroatoms. The lowest BCUT2D eigenvalue weighted by molar-refractivity contribution is -0.126. The normalized spacial score (nSPS) is 24.4. The van der Waals surface area contributed by atoms with Crippen LogP contribution in [-0.4, -0.2) is 39.9 Å². The third-order valence-electron chi connectivity index (χ3n) is 6.07. The van der Waals surface area contributed by atoms with E-state index in [4.69, 9.17) is 0 Å². The number of thioether (sulfide) groups is 1. The topological polar surface area (TPSA) is 49.4 Å². The summed E-state index contributed by atoms with van der Waals surface area (Å²) in [6.45, 7) is 6.12. The first-order chi connectivity index (χ1) is 13.4. The molecule has 2 aliphatic rings. The summed E-state index contributed by atoms with van der Waals surface area (Å²) >= 11 is 1.71. The van der Waals surface area contributed by atoms with Gasteiger partial charge in [-0.1, -0.05) is 39.2 Å². The molecule has 2 fully saturated rings. The Bertz CT molecular complexity index is 706. The summed E-state index contributed by atoms with van der Waals surface area (Å²) < 4.78 is 13.7. The summed E-state index contributed by atoms with van der Waals surface area (Å²) in [5.41, 5.74) is 0.318. The van der Waals surface area contributed by atoms with Gasteiger partial charge in [-0.3, -0.25) is 9.59 Å². The number of nitrogens with one attached hydrogen (secondary N) is 1. The van der Waals surface area contributed by atoms with Crippen LogP contribution in [0.4, 0.5) is 4.39 Å². The van der Waals surface area contributed by atoms with Gasteiger partial charge in [-0.05, 0) is 49.8 Å². The molecule has 0 spiro atoms. The largest absolute Gasteiger partial charge is 0.352 e. The van der Waals surface area contributed by atoms with Crippen LogP contribution in [0.25, 0.3) is 0 Å². The fourth-order valence-corrected chi connectivity index (χ4v) is 5.67. The summed E-state index contributed by atoms with van der Waals surface area (Å²) in [4.78, 5) is 28.1. The van der Waals surface area contributed by atoms with E-state index in [0.29, 0.717) is 23.2 Å². The lowest BCUT2D eigenvalue weighted by atomic mass is 9.88. The van der Waals surface area contributed by atoms with Gasteiger partial charge in [0.2, 0.25) is 5.91 Å². The van der Waals surface area contributed by atoms with Gasteiger partial charge in [0.25, 0.3) is 5.91 Å². The standard InChI is InChI=1S/C22H31FN2O2S/c1-14(2)15(3)24-20(26)19-13-28-22(16-8-5-4-6-9-16)25(19)21(27)17-10-7-11-18(23)12-17/h7,10-12,14-16,19,22H,4-6,8-9,13H2,1-3H3,(H,24,26)/t15-,19-,22+/m0/s1. The molecule has 0 bridgehead atoms. The molecule has 28 heavy (non-hydrogen) atoms. The average molecular weight is 407 g/mol. The molecule has 0 aromatic heterocycles. The lowest BCUT2D eigenvalue weighted by Gasteiger charge is -2.36. The Kier molecular flexibility index (Phi) is 7.02. The van der Waals surface area contributed by atoms with Gasteiger partial charge in [-0.2, -0.15) is 0 Å². The Morgan fingerprint density at radius 2 is 1.89 bits per heavy atom. The minimum atomic E-state index is -0.506. The molecule has 1 saturated carbocycles. The van der Waals surface area contributed by atoms with E-state index in [1.165, 1.54) is 31.4 Å². The molecular weight excluding hydrogens is 375 g/mol. The number of carbonyl (C=O) groups excluding carboxylic acids is 2. The van der Waals surface area contributed by atoms with Crippen LogP contribution in [0.1, 0.15) is 63.2 Å². The van der Waals surface area contributed by atoms with Crippen LogP contribution in [0, 0.1) is 17.7 Å². The van der Waals surface area contributed by atoms with Gasteiger partial charge in [0.05, 0.1) is 5.37 Å². The minimum absolute atomic E-state index is 0.0128. The molecule has 1 aromatic rings. The second-order valence-electron chi connectivity index (χ2n) is 8.40. The highest BCUT2D eigenvalue weighted by atomic mass is 32.2. The molecule has 154 valence electrons. The third-order valence-corrected chi connectivity index (χ3v) is 7.53. The Labute approximate surface area is 171 Å². The molecule has 3 rings (SSSR count). The van der Waals surface area contributed by atoms with E-state index in [1.807, 2.05) is 6.92 Å². The number of benzene rings is 1. The van der Waals surface area contributed by atoms with Gasteiger partial charge in [0, 0.05) is 17.4 Å². The Morgan fingerprint density at radius 1 is 1.18 bits per heavy atom. The van der Waals surface area contributed by atoms with Gasteiger partial charge in [0.15, 0.2) is 0 Å². The number of amides is 2. The number of nitrogens with zero attached hydrogens (tertiary/aromatic N) is 1. The second kappa shape index (κ2) is 9.29. The quantitative estimate of drug-likeness (QED) is 0.786. The van der Waals surface area contributed by atoms with Crippen molar-refractivity contribution in [2.24, 2.45) is 11.8 Å². The van der Waals surface area contributed by atoms with E-state index < -0.39 is 11.9 Å². The van der Waals surface area contributed by atoms with Crippen molar-refractivity contribution < 1.29 is 14.0 Å². The van der Waals surface area contributed by atoms with Crippen molar-refractivity contribution >= 4 is 23.6 Å². The van der Waals surface area contributed by atoms with Crippen molar-refractivity contribution in [1.82, 2.24) is 10.2 Å². The van der Waals surface area contributed by atoms with Crippen LogP contribution >= 0.6 is 11.8 Å². The average Bonchev–Trinajstić information content (AvgIpc) is 3.13. The fourth-order valence-electron chi connectivity index (χ4n) is 4.03. The summed E-state index contributed by atoms with van der Waals surface area (Å²) in [7, 11) is 0. The molecule has 2 amide bonds. The zero-order valence-electron chi connectivity index (χ0n) is 17.0. The van der Waals surface area contributed by atoms with Crippen molar-refractivity contribution in [3.05, 3.63) is 35.6 Å². The predicted octanol–water partition coefficient (Wildman–Crippen LogP) is 4.45. The van der Waals surface area contributed by atoms with Crippen LogP contribution in [0.3, 0.4) is 0 Å². The van der Waals surface area contributed by atoms with E-state index in [0.717, 1.165) is 12.8 Å². The Hall–Kier alpha value is -1.56. The predicted molar refractivity (Wildman–Crippen MR) is 112 cm³/mol. The number of halogens is 1. The molecule has 1 saturated heterocycles. The highest BCUT2D eigenvalue weighted by molar-refractivity contribution is 8.00. The van der Waals surface area contributed by atoms with Gasteiger partial charge in [-0.15, -0.1) is 11.8 Å². The van der Waals surface area contributed by atoms with Gasteiger partial charge < -0.3 is 10.2 Å². The van der Waals surface area contributed by atoms with E-state index in [9.17, 15) is 14.0 Å². The first kappa shape index (κ1) is 21.2. The SMILES string of the molecule is CC(C)[C@H](C)NC(=O)[C@@H]1CS[C@H](C2CCCCC2)N1C(=O)c1cccc(F)c1. The van der Waals surface area contributed by atoms with Crippen LogP contribution in [0.15, 0.2) is 24.3 Å². The van der Waals surface area contributed by atoms with Crippen molar-refractivity contribution in [1.29, 1.82) is 0 Å². The summed E-state index contributed by atoms with van der Waals surface area (Å²) in [6, 6.07) is 5.33. The molecular formula is C22H31FN2O2S. The smallest absolute Gasteiger partial charge is 0.255 e. The highest BCUT2D eigenvalue weighted by Gasteiger charge is 2.45. The van der Waals surface area contributed by atoms with E-state index in [-0.39, 0.29) is 23.2 Å². The van der Waals surface area contributed by atoms with Crippen LogP contribution in [-0.2, 0) is 4.79 Å². The molecule has 0 unspecified atom stereocenters. The minimum Gasteiger partial charge on any atom is -0.352 e. The molecule has 1 N–H and O–H groups in total. The van der Waals surface area contributed by atoms with Gasteiger partial charge in [-0.25, -0.2) is 4.39 Å². The molecule has 1 aromatic carbocycles. The summed E-state index contributed by atoms with van der Waals surface area (Å²) in [6.07, 6.45) is 5.75. The van der Waals surface area contributed by atoms with Crippen LogP contribution < -0.4 is 5.32 Å². The van der Waals surface area contributed by atoms with Crippen LogP contribution in [0.5, 0.6) is 0 Å². The molecule has 3 atom stereocenters. The molecule has 1 heterocycles. The first-order valence-corrected chi connectivity index (χ1v) is 11.4. The van der Waals surface area contributed by atoms with E-state index in [1.54, 1.807) is 28.8 Å². The monoisotopic (exact) mass is 406 g/mol. The Morgan fingerprint density at radius 3 is 2.54 bits per heavy atom. The third kappa shape index (κ3) is 4.70. The van der Waals surface area contributed by atoms with Crippen molar-refractivity contribution in [2.45, 2.75) is 70.3 Å². The zero-order valence-corrected chi connectivity index (χ0v) is 17.8.